The molecule has 0 saturated heterocycles. The van der Waals surface area contributed by atoms with Crippen LogP contribution in [0.25, 0.3) is 148 Å². The van der Waals surface area contributed by atoms with Crippen LogP contribution >= 0.6 is 0 Å². The SMILES string of the molecule is N#Cc1cc(C#N)c(-n2c3ccccc3c3c4oc5ccccc5c4ccc32)c(-n2c3ccccc3c3c4oc5ccccc5c4ccc32)c1-n1c2ccccc2c2c3oc4ccccc4c3ccc21. The smallest absolute Gasteiger partial charge is 0.145 e. The topological polar surface area (TPSA) is 102 Å². The van der Waals surface area contributed by atoms with Gasteiger partial charge in [0.15, 0.2) is 0 Å². The van der Waals surface area contributed by atoms with Gasteiger partial charge in [-0.25, -0.2) is 0 Å². The van der Waals surface area contributed by atoms with Gasteiger partial charge in [-0.3, -0.25) is 0 Å². The molecule has 0 fully saturated rings. The maximum absolute atomic E-state index is 11.6. The molecule has 8 nitrogen and oxygen atoms in total. The van der Waals surface area contributed by atoms with Gasteiger partial charge in [-0.2, -0.15) is 10.5 Å². The van der Waals surface area contributed by atoms with Crippen LogP contribution < -0.4 is 0 Å². The predicted molar refractivity (Wildman–Crippen MR) is 281 cm³/mol. The minimum atomic E-state index is 0.332. The standard InChI is InChI=1S/C62H31N5O3/c63-32-34-31-35(33-64)58(66-46-20-8-2-17-43(46)55-49(66)29-26-40-37-14-5-11-23-52(37)69-61(40)55)59(67-47-21-9-3-18-44(47)56-50(67)30-27-41-38-15-6-12-24-53(38)70-62(41)56)57(34)65-45-19-7-1-16-42(45)54-48(65)28-25-39-36-13-4-10-22-51(36)68-60(39)54/h1-31H. The molecule has 8 heteroatoms. The average molecular weight is 894 g/mol. The monoisotopic (exact) mass is 893 g/mol. The van der Waals surface area contributed by atoms with E-state index in [-0.39, 0.29) is 0 Å². The first kappa shape index (κ1) is 37.1. The Hall–Kier alpha value is -10.0. The van der Waals surface area contributed by atoms with Crippen molar-refractivity contribution in [3.63, 3.8) is 0 Å². The van der Waals surface area contributed by atoms with Gasteiger partial charge in [0, 0.05) is 48.5 Å². The molecule has 0 aliphatic heterocycles. The maximum atomic E-state index is 11.6. The van der Waals surface area contributed by atoms with Gasteiger partial charge in [-0.1, -0.05) is 109 Å². The molecule has 0 aliphatic carbocycles. The van der Waals surface area contributed by atoms with Crippen LogP contribution in [0.15, 0.2) is 201 Å². The average Bonchev–Trinajstić information content (AvgIpc) is 4.26. The molecule has 16 rings (SSSR count). The summed E-state index contributed by atoms with van der Waals surface area (Å²) in [5.41, 5.74) is 12.4. The fourth-order valence-electron chi connectivity index (χ4n) is 11.9. The number of benzene rings is 10. The van der Waals surface area contributed by atoms with Gasteiger partial charge in [-0.05, 0) is 78.9 Å². The van der Waals surface area contributed by atoms with Crippen molar-refractivity contribution in [1.29, 1.82) is 10.5 Å². The molecule has 16 aromatic rings. The number of nitriles is 2. The van der Waals surface area contributed by atoms with E-state index in [1.54, 1.807) is 6.07 Å². The lowest BCUT2D eigenvalue weighted by Gasteiger charge is -2.24. The van der Waals surface area contributed by atoms with Crippen molar-refractivity contribution in [2.45, 2.75) is 0 Å². The number of aromatic nitrogens is 3. The lowest BCUT2D eigenvalue weighted by molar-refractivity contribution is 0.672. The molecular formula is C62H31N5O3. The van der Waals surface area contributed by atoms with Crippen molar-refractivity contribution in [3.8, 4) is 29.2 Å². The second kappa shape index (κ2) is 13.3. The largest absolute Gasteiger partial charge is 0.455 e. The van der Waals surface area contributed by atoms with Gasteiger partial charge in [0.05, 0.1) is 77.4 Å². The third kappa shape index (κ3) is 4.57. The Morgan fingerprint density at radius 3 is 0.929 bits per heavy atom. The first-order chi connectivity index (χ1) is 34.7. The van der Waals surface area contributed by atoms with Crippen LogP contribution in [0.5, 0.6) is 0 Å². The van der Waals surface area contributed by atoms with Gasteiger partial charge in [0.1, 0.15) is 45.6 Å². The quantitative estimate of drug-likeness (QED) is 0.176. The van der Waals surface area contributed by atoms with E-state index in [4.69, 9.17) is 13.3 Å². The summed E-state index contributed by atoms with van der Waals surface area (Å²) >= 11 is 0. The van der Waals surface area contributed by atoms with E-state index >= 15 is 0 Å². The van der Waals surface area contributed by atoms with Crippen LogP contribution in [0.1, 0.15) is 11.1 Å². The van der Waals surface area contributed by atoms with Crippen LogP contribution in [0.4, 0.5) is 0 Å². The number of para-hydroxylation sites is 6. The summed E-state index contributed by atoms with van der Waals surface area (Å²) in [5.74, 6) is 0. The van der Waals surface area contributed by atoms with Gasteiger partial charge in [-0.15, -0.1) is 0 Å². The predicted octanol–water partition coefficient (Wildman–Crippen LogP) is 16.4. The summed E-state index contributed by atoms with van der Waals surface area (Å²) < 4.78 is 27.1. The molecule has 10 aromatic carbocycles. The molecule has 0 saturated carbocycles. The Bertz CT molecular complexity index is 4890. The van der Waals surface area contributed by atoms with Crippen molar-refractivity contribution in [2.24, 2.45) is 0 Å². The molecule has 6 aromatic heterocycles. The molecule has 0 unspecified atom stereocenters. The number of furan rings is 3. The Labute approximate surface area is 395 Å². The van der Waals surface area contributed by atoms with Crippen LogP contribution in [0, 0.1) is 22.7 Å². The van der Waals surface area contributed by atoms with Gasteiger partial charge in [0.2, 0.25) is 0 Å². The Morgan fingerprint density at radius 2 is 0.586 bits per heavy atom. The highest BCUT2D eigenvalue weighted by molar-refractivity contribution is 6.27. The molecule has 0 N–H and O–H groups in total. The van der Waals surface area contributed by atoms with E-state index in [9.17, 15) is 10.5 Å². The highest BCUT2D eigenvalue weighted by Gasteiger charge is 2.32. The molecule has 0 bridgehead atoms. The van der Waals surface area contributed by atoms with E-state index < -0.39 is 0 Å². The van der Waals surface area contributed by atoms with Crippen molar-refractivity contribution in [3.05, 3.63) is 199 Å². The molecule has 0 spiro atoms. The second-order valence-electron chi connectivity index (χ2n) is 18.1. The Morgan fingerprint density at radius 1 is 0.286 bits per heavy atom. The number of nitrogens with zero attached hydrogens (tertiary/aromatic N) is 5. The molecule has 322 valence electrons. The fourth-order valence-corrected chi connectivity index (χ4v) is 11.9. The first-order valence-corrected chi connectivity index (χ1v) is 23.2. The molecule has 0 atom stereocenters. The summed E-state index contributed by atoms with van der Waals surface area (Å²) in [6, 6.07) is 69.2. The van der Waals surface area contributed by atoms with Crippen molar-refractivity contribution in [1.82, 2.24) is 13.7 Å². The van der Waals surface area contributed by atoms with E-state index in [1.165, 1.54) is 0 Å². The Balaban J connectivity index is 1.16. The van der Waals surface area contributed by atoms with E-state index in [2.05, 4.69) is 123 Å². The third-order valence-electron chi connectivity index (χ3n) is 14.7. The molecule has 0 amide bonds. The summed E-state index contributed by atoms with van der Waals surface area (Å²) in [6.45, 7) is 0. The third-order valence-corrected chi connectivity index (χ3v) is 14.7. The van der Waals surface area contributed by atoms with E-state index in [1.807, 2.05) is 84.9 Å². The molecule has 70 heavy (non-hydrogen) atoms. The highest BCUT2D eigenvalue weighted by Crippen LogP contribution is 2.49. The zero-order valence-corrected chi connectivity index (χ0v) is 36.9. The second-order valence-corrected chi connectivity index (χ2v) is 18.1. The lowest BCUT2D eigenvalue weighted by Crippen LogP contribution is -2.13. The molecule has 6 heterocycles. The minimum absolute atomic E-state index is 0.332. The Kier molecular flexibility index (Phi) is 7.06. The van der Waals surface area contributed by atoms with Gasteiger partial charge < -0.3 is 27.0 Å². The highest BCUT2D eigenvalue weighted by atomic mass is 16.3. The van der Waals surface area contributed by atoms with Crippen LogP contribution in [0.3, 0.4) is 0 Å². The van der Waals surface area contributed by atoms with Crippen molar-refractivity contribution >= 4 is 131 Å². The van der Waals surface area contributed by atoms with Crippen LogP contribution in [-0.2, 0) is 0 Å². The summed E-state index contributed by atoms with van der Waals surface area (Å²) in [7, 11) is 0. The fraction of sp³-hybridized carbons (Fsp3) is 0. The van der Waals surface area contributed by atoms with Crippen LogP contribution in [-0.4, -0.2) is 13.7 Å². The van der Waals surface area contributed by atoms with E-state index in [0.717, 1.165) is 131 Å². The van der Waals surface area contributed by atoms with Crippen LogP contribution in [0.2, 0.25) is 0 Å². The molecule has 0 radical (unpaired) electrons. The van der Waals surface area contributed by atoms with Crippen molar-refractivity contribution in [2.75, 3.05) is 0 Å². The number of hydrogen-bond donors (Lipinski definition) is 0. The first-order valence-electron chi connectivity index (χ1n) is 23.2. The zero-order valence-electron chi connectivity index (χ0n) is 36.9. The van der Waals surface area contributed by atoms with E-state index in [0.29, 0.717) is 28.2 Å². The molecular weight excluding hydrogens is 863 g/mol. The lowest BCUT2D eigenvalue weighted by atomic mass is 10.0. The summed E-state index contributed by atoms with van der Waals surface area (Å²) in [5, 5.41) is 35.1. The minimum Gasteiger partial charge on any atom is -0.455 e. The summed E-state index contributed by atoms with van der Waals surface area (Å²) in [4.78, 5) is 0. The van der Waals surface area contributed by atoms with Gasteiger partial charge >= 0.3 is 0 Å². The number of fused-ring (bicyclic) bond motifs is 21. The molecule has 0 aliphatic rings. The number of rotatable bonds is 3. The zero-order chi connectivity index (χ0) is 45.9. The van der Waals surface area contributed by atoms with Crippen molar-refractivity contribution < 1.29 is 13.3 Å². The summed E-state index contributed by atoms with van der Waals surface area (Å²) in [6.07, 6.45) is 0. The maximum Gasteiger partial charge on any atom is 0.145 e. The van der Waals surface area contributed by atoms with Gasteiger partial charge in [0.25, 0.3) is 0 Å². The number of hydrogen-bond acceptors (Lipinski definition) is 5. The normalized spacial score (nSPS) is 12.3.